The van der Waals surface area contributed by atoms with E-state index in [1.165, 1.54) is 7.05 Å². The molecule has 3 aromatic rings. The Kier molecular flexibility index (Phi) is 5.25. The molecule has 1 aromatic heterocycles. The Morgan fingerprint density at radius 1 is 1.12 bits per heavy atom. The monoisotopic (exact) mass is 446 g/mol. The molecule has 2 aliphatic heterocycles. The number of halogens is 3. The minimum Gasteiger partial charge on any atom is -0.491 e. The van der Waals surface area contributed by atoms with Crippen molar-refractivity contribution in [2.45, 2.75) is 31.3 Å². The predicted octanol–water partition coefficient (Wildman–Crippen LogP) is 4.23. The highest BCUT2D eigenvalue weighted by atomic mass is 19.4. The molecule has 3 heterocycles. The average Bonchev–Trinajstić information content (AvgIpc) is 3.12. The lowest BCUT2D eigenvalue weighted by Crippen LogP contribution is -2.54. The zero-order valence-corrected chi connectivity index (χ0v) is 17.9. The number of benzene rings is 2. The van der Waals surface area contributed by atoms with E-state index in [9.17, 15) is 13.2 Å². The Morgan fingerprint density at radius 3 is 2.72 bits per heavy atom. The molecule has 1 saturated heterocycles. The van der Waals surface area contributed by atoms with E-state index in [0.29, 0.717) is 29.9 Å². The zero-order valence-electron chi connectivity index (χ0n) is 17.9. The number of nitrogens with one attached hydrogen (secondary N) is 1. The van der Waals surface area contributed by atoms with Crippen LogP contribution in [0.5, 0.6) is 5.75 Å². The molecule has 9 heteroatoms. The number of fused-ring (bicyclic) bond motifs is 2. The number of imidazole rings is 1. The van der Waals surface area contributed by atoms with Crippen molar-refractivity contribution in [1.29, 1.82) is 0 Å². The van der Waals surface area contributed by atoms with E-state index in [-0.39, 0.29) is 18.2 Å². The summed E-state index contributed by atoms with van der Waals surface area (Å²) in [6, 6.07) is 12.8. The maximum atomic E-state index is 13.5. The lowest BCUT2D eigenvalue weighted by Gasteiger charge is -2.44. The van der Waals surface area contributed by atoms with Gasteiger partial charge in [0, 0.05) is 25.7 Å². The van der Waals surface area contributed by atoms with Gasteiger partial charge in [0.25, 0.3) is 0 Å². The van der Waals surface area contributed by atoms with Gasteiger partial charge in [-0.3, -0.25) is 4.90 Å². The molecule has 6 nitrogen and oxygen atoms in total. The average molecular weight is 446 g/mol. The number of hydrogen-bond acceptors (Lipinski definition) is 5. The van der Waals surface area contributed by atoms with Crippen LogP contribution >= 0.6 is 0 Å². The van der Waals surface area contributed by atoms with Crippen molar-refractivity contribution in [3.8, 4) is 5.75 Å². The molecule has 5 rings (SSSR count). The molecule has 170 valence electrons. The second-order valence-electron chi connectivity index (χ2n) is 8.38. The highest BCUT2D eigenvalue weighted by Crippen LogP contribution is 2.39. The van der Waals surface area contributed by atoms with Gasteiger partial charge in [-0.25, -0.2) is 4.98 Å². The van der Waals surface area contributed by atoms with Crippen LogP contribution in [0, 0.1) is 0 Å². The molecule has 2 aromatic carbocycles. The van der Waals surface area contributed by atoms with Crippen LogP contribution in [0.15, 0.2) is 42.5 Å². The van der Waals surface area contributed by atoms with Crippen molar-refractivity contribution in [3.63, 3.8) is 0 Å². The molecule has 1 N–H and O–H groups in total. The Labute approximate surface area is 183 Å². The standard InChI is InChI=1S/C23H25F3N4O2/c1-14-12-30(10-11-31-14)18-13-32-19-9-4-3-6-15(19)20(18)27-16-7-5-8-17-21(16)28-22(29(17)2)23(24,25)26/h3-9,14,18,20,27H,10-13H2,1-2H3/t14-,18+,20+/m1/s1. The van der Waals surface area contributed by atoms with E-state index < -0.39 is 12.0 Å². The summed E-state index contributed by atoms with van der Waals surface area (Å²) in [4.78, 5) is 6.30. The van der Waals surface area contributed by atoms with Crippen LogP contribution in [0.3, 0.4) is 0 Å². The van der Waals surface area contributed by atoms with Gasteiger partial charge in [0.15, 0.2) is 0 Å². The summed E-state index contributed by atoms with van der Waals surface area (Å²) < 4.78 is 53.3. The summed E-state index contributed by atoms with van der Waals surface area (Å²) in [7, 11) is 1.39. The molecule has 0 saturated carbocycles. The normalized spacial score (nSPS) is 24.2. The molecule has 1 fully saturated rings. The Bertz CT molecular complexity index is 1130. The van der Waals surface area contributed by atoms with Gasteiger partial charge in [0.1, 0.15) is 17.9 Å². The second kappa shape index (κ2) is 7.97. The van der Waals surface area contributed by atoms with E-state index in [1.807, 2.05) is 31.2 Å². The molecule has 32 heavy (non-hydrogen) atoms. The van der Waals surface area contributed by atoms with Crippen LogP contribution in [0.4, 0.5) is 18.9 Å². The van der Waals surface area contributed by atoms with Crippen molar-refractivity contribution in [2.75, 3.05) is 31.6 Å². The Balaban J connectivity index is 1.56. The number of morpholine rings is 1. The van der Waals surface area contributed by atoms with E-state index in [0.717, 1.165) is 29.0 Å². The number of aromatic nitrogens is 2. The first-order valence-corrected chi connectivity index (χ1v) is 10.7. The predicted molar refractivity (Wildman–Crippen MR) is 115 cm³/mol. The third-order valence-electron chi connectivity index (χ3n) is 6.27. The molecule has 0 radical (unpaired) electrons. The summed E-state index contributed by atoms with van der Waals surface area (Å²) in [5.41, 5.74) is 2.29. The zero-order chi connectivity index (χ0) is 22.5. The fourth-order valence-electron chi connectivity index (χ4n) is 4.74. The van der Waals surface area contributed by atoms with Gasteiger partial charge >= 0.3 is 6.18 Å². The first-order valence-electron chi connectivity index (χ1n) is 10.7. The number of hydrogen-bond donors (Lipinski definition) is 1. The third-order valence-corrected chi connectivity index (χ3v) is 6.27. The van der Waals surface area contributed by atoms with Gasteiger partial charge in [-0.05, 0) is 25.1 Å². The van der Waals surface area contributed by atoms with Gasteiger partial charge in [-0.15, -0.1) is 0 Å². The van der Waals surface area contributed by atoms with Gasteiger partial charge in [-0.2, -0.15) is 13.2 Å². The molecular formula is C23H25F3N4O2. The molecule has 3 atom stereocenters. The molecular weight excluding hydrogens is 421 g/mol. The lowest BCUT2D eigenvalue weighted by molar-refractivity contribution is -0.146. The molecule has 0 amide bonds. The first kappa shape index (κ1) is 21.1. The third kappa shape index (κ3) is 3.69. The highest BCUT2D eigenvalue weighted by molar-refractivity contribution is 5.89. The summed E-state index contributed by atoms with van der Waals surface area (Å²) in [5, 5.41) is 3.53. The summed E-state index contributed by atoms with van der Waals surface area (Å²) in [5.74, 6) is -0.126. The molecule has 0 bridgehead atoms. The summed E-state index contributed by atoms with van der Waals surface area (Å²) in [6.45, 7) is 4.69. The van der Waals surface area contributed by atoms with Crippen LogP contribution in [-0.4, -0.2) is 52.9 Å². The van der Waals surface area contributed by atoms with E-state index in [2.05, 4.69) is 15.2 Å². The van der Waals surface area contributed by atoms with Crippen molar-refractivity contribution >= 4 is 16.7 Å². The first-order chi connectivity index (χ1) is 15.3. The van der Waals surface area contributed by atoms with Gasteiger partial charge < -0.3 is 19.4 Å². The van der Waals surface area contributed by atoms with Crippen molar-refractivity contribution in [2.24, 2.45) is 7.05 Å². The van der Waals surface area contributed by atoms with Crippen molar-refractivity contribution < 1.29 is 22.6 Å². The van der Waals surface area contributed by atoms with Crippen LogP contribution in [-0.2, 0) is 18.0 Å². The largest absolute Gasteiger partial charge is 0.491 e. The maximum absolute atomic E-state index is 13.5. The molecule has 2 aliphatic rings. The molecule has 0 spiro atoms. The maximum Gasteiger partial charge on any atom is 0.449 e. The number of anilines is 1. The minimum absolute atomic E-state index is 0.00250. The van der Waals surface area contributed by atoms with Crippen LogP contribution in [0.1, 0.15) is 24.4 Å². The number of alkyl halides is 3. The van der Waals surface area contributed by atoms with Crippen LogP contribution in [0.2, 0.25) is 0 Å². The quantitative estimate of drug-likeness (QED) is 0.653. The highest BCUT2D eigenvalue weighted by Gasteiger charge is 2.39. The van der Waals surface area contributed by atoms with Gasteiger partial charge in [-0.1, -0.05) is 24.3 Å². The molecule has 0 unspecified atom stereocenters. The van der Waals surface area contributed by atoms with E-state index in [4.69, 9.17) is 9.47 Å². The summed E-state index contributed by atoms with van der Waals surface area (Å²) in [6.07, 6.45) is -4.42. The topological polar surface area (TPSA) is 51.5 Å². The number of nitrogens with zero attached hydrogens (tertiary/aromatic N) is 3. The molecule has 0 aliphatic carbocycles. The summed E-state index contributed by atoms with van der Waals surface area (Å²) >= 11 is 0. The lowest BCUT2D eigenvalue weighted by atomic mass is 9.94. The van der Waals surface area contributed by atoms with Crippen LogP contribution < -0.4 is 10.1 Å². The Hall–Kier alpha value is -2.78. The van der Waals surface area contributed by atoms with E-state index in [1.54, 1.807) is 18.2 Å². The SMILES string of the molecule is C[C@@H]1CN([C@H]2COc3ccccc3[C@@H]2Nc2cccc3c2nc(C(F)(F)F)n3C)CCO1. The van der Waals surface area contributed by atoms with E-state index >= 15 is 0 Å². The smallest absolute Gasteiger partial charge is 0.449 e. The number of rotatable bonds is 3. The Morgan fingerprint density at radius 2 is 1.94 bits per heavy atom. The van der Waals surface area contributed by atoms with Crippen molar-refractivity contribution in [1.82, 2.24) is 14.5 Å². The fourth-order valence-corrected chi connectivity index (χ4v) is 4.74. The van der Waals surface area contributed by atoms with Gasteiger partial charge in [0.05, 0.1) is 36.0 Å². The van der Waals surface area contributed by atoms with Crippen molar-refractivity contribution in [3.05, 3.63) is 53.9 Å². The number of para-hydroxylation sites is 2. The second-order valence-corrected chi connectivity index (χ2v) is 8.38. The van der Waals surface area contributed by atoms with Crippen LogP contribution in [0.25, 0.3) is 11.0 Å². The fraction of sp³-hybridized carbons (Fsp3) is 0.435. The van der Waals surface area contributed by atoms with Gasteiger partial charge in [0.2, 0.25) is 5.82 Å². The number of ether oxygens (including phenoxy) is 2. The minimum atomic E-state index is -4.53. The number of aryl methyl sites for hydroxylation is 1.